The number of nitrogens with one attached hydrogen (secondary N) is 1. The van der Waals surface area contributed by atoms with Gasteiger partial charge in [0.2, 0.25) is 9.49 Å². The van der Waals surface area contributed by atoms with Gasteiger partial charge in [-0.05, 0) is 41.4 Å². The van der Waals surface area contributed by atoms with Gasteiger partial charge in [0.25, 0.3) is 0 Å². The van der Waals surface area contributed by atoms with Gasteiger partial charge in [-0.25, -0.2) is 4.79 Å². The van der Waals surface area contributed by atoms with Crippen molar-refractivity contribution in [2.24, 2.45) is 0 Å². The molecular formula is C12H15Cl4N2O3PS2. The van der Waals surface area contributed by atoms with Crippen LogP contribution in [0.3, 0.4) is 0 Å². The summed E-state index contributed by atoms with van der Waals surface area (Å²) in [4.78, 5) is 13.7. The van der Waals surface area contributed by atoms with Crippen molar-refractivity contribution in [3.63, 3.8) is 0 Å². The van der Waals surface area contributed by atoms with E-state index in [0.29, 0.717) is 10.7 Å². The second kappa shape index (κ2) is 9.49. The van der Waals surface area contributed by atoms with E-state index < -0.39 is 20.9 Å². The first-order chi connectivity index (χ1) is 11.0. The van der Waals surface area contributed by atoms with E-state index in [1.807, 2.05) is 0 Å². The number of carbonyl (C=O) groups is 1. The lowest BCUT2D eigenvalue weighted by Gasteiger charge is -2.34. The van der Waals surface area contributed by atoms with Crippen LogP contribution in [0, 0.1) is 0 Å². The molecule has 24 heavy (non-hydrogen) atoms. The summed E-state index contributed by atoms with van der Waals surface area (Å²) in [6.07, 6.45) is 0. The van der Waals surface area contributed by atoms with Crippen LogP contribution < -0.4 is 5.32 Å². The summed E-state index contributed by atoms with van der Waals surface area (Å²) in [6.45, 7) is 0. The lowest BCUT2D eigenvalue weighted by atomic mass is 10.3. The van der Waals surface area contributed by atoms with Gasteiger partial charge < -0.3 is 19.3 Å². The van der Waals surface area contributed by atoms with Crippen LogP contribution in [0.1, 0.15) is 0 Å². The van der Waals surface area contributed by atoms with Gasteiger partial charge in [-0.2, -0.15) is 0 Å². The average molecular weight is 472 g/mol. The van der Waals surface area contributed by atoms with Crippen molar-refractivity contribution in [3.05, 3.63) is 29.3 Å². The summed E-state index contributed by atoms with van der Waals surface area (Å²) < 4.78 is 8.57. The first-order valence-corrected chi connectivity index (χ1v) is 11.9. The van der Waals surface area contributed by atoms with Crippen molar-refractivity contribution in [1.82, 2.24) is 4.90 Å². The Kier molecular flexibility index (Phi) is 8.94. The predicted octanol–water partition coefficient (Wildman–Crippen LogP) is 5.75. The van der Waals surface area contributed by atoms with Crippen LogP contribution in [-0.2, 0) is 20.9 Å². The molecule has 0 aliphatic heterocycles. The van der Waals surface area contributed by atoms with Crippen LogP contribution in [-0.4, -0.2) is 41.4 Å². The molecule has 0 aromatic heterocycles. The number of hydrogen-bond acceptors (Lipinski definition) is 5. The van der Waals surface area contributed by atoms with Crippen molar-refractivity contribution in [2.45, 2.75) is 9.17 Å². The number of carbonyl (C=O) groups excluding carboxylic acids is 1. The number of alkyl halides is 3. The molecule has 0 saturated carbocycles. The molecule has 136 valence electrons. The minimum absolute atomic E-state index is 0.483. The van der Waals surface area contributed by atoms with E-state index in [4.69, 9.17) is 67.3 Å². The molecule has 2 amide bonds. The van der Waals surface area contributed by atoms with Crippen LogP contribution in [0.5, 0.6) is 0 Å². The largest absolute Gasteiger partial charge is 0.325 e. The molecule has 12 heteroatoms. The summed E-state index contributed by atoms with van der Waals surface area (Å²) in [5.74, 6) is 0. The second-order valence-corrected chi connectivity index (χ2v) is 13.7. The van der Waals surface area contributed by atoms with Gasteiger partial charge in [0.1, 0.15) is 5.37 Å². The van der Waals surface area contributed by atoms with Crippen molar-refractivity contribution in [3.8, 4) is 0 Å². The number of anilines is 1. The van der Waals surface area contributed by atoms with E-state index in [0.717, 1.165) is 11.4 Å². The van der Waals surface area contributed by atoms with Gasteiger partial charge in [-0.15, -0.1) is 0 Å². The zero-order valence-corrected chi connectivity index (χ0v) is 18.4. The van der Waals surface area contributed by atoms with Gasteiger partial charge in [-0.1, -0.05) is 52.5 Å². The van der Waals surface area contributed by atoms with Gasteiger partial charge in [0, 0.05) is 32.0 Å². The molecule has 0 bridgehead atoms. The Morgan fingerprint density at radius 1 is 1.38 bits per heavy atom. The molecule has 1 unspecified atom stereocenters. The third kappa shape index (κ3) is 6.71. The van der Waals surface area contributed by atoms with Crippen LogP contribution >= 0.6 is 63.5 Å². The Morgan fingerprint density at radius 2 is 1.96 bits per heavy atom. The van der Waals surface area contributed by atoms with Crippen LogP contribution in [0.25, 0.3) is 0 Å². The zero-order chi connectivity index (χ0) is 18.5. The fourth-order valence-corrected chi connectivity index (χ4v) is 6.91. The first kappa shape index (κ1) is 22.6. The standard InChI is InChI=1S/C12H15Cl4N2O3PS2/c1-18(11(19)17-9-6-4-5-8(13)7-9)10(12(14,15)16)24-22(23,20-2)21-3/h4-7,10H,1-3H3,(H,17,19). The topological polar surface area (TPSA) is 50.8 Å². The number of nitrogens with zero attached hydrogens (tertiary/aromatic N) is 1. The first-order valence-electron chi connectivity index (χ1n) is 6.28. The van der Waals surface area contributed by atoms with E-state index in [-0.39, 0.29) is 0 Å². The summed E-state index contributed by atoms with van der Waals surface area (Å²) in [5, 5.41) is 2.21. The highest BCUT2D eigenvalue weighted by Crippen LogP contribution is 2.64. The lowest BCUT2D eigenvalue weighted by molar-refractivity contribution is 0.219. The second-order valence-electron chi connectivity index (χ2n) is 4.36. The molecule has 5 nitrogen and oxygen atoms in total. The zero-order valence-electron chi connectivity index (χ0n) is 12.8. The molecule has 0 aliphatic carbocycles. The number of hydrogen-bond donors (Lipinski definition) is 1. The molecule has 0 saturated heterocycles. The summed E-state index contributed by atoms with van der Waals surface area (Å²) in [7, 11) is 4.28. The molecule has 1 aromatic rings. The molecule has 0 fully saturated rings. The molecule has 0 heterocycles. The number of benzene rings is 1. The maximum Gasteiger partial charge on any atom is 0.322 e. The SMILES string of the molecule is COP(=S)(OC)SC(N(C)C(=O)Nc1cccc(Cl)c1)C(Cl)(Cl)Cl. The number of halogens is 4. The Bertz CT molecular complexity index is 625. The normalized spacial score (nSPS) is 13.5. The fourth-order valence-electron chi connectivity index (χ4n) is 1.52. The number of urea groups is 1. The van der Waals surface area contributed by atoms with Gasteiger partial charge in [0.05, 0.1) is 0 Å². The minimum Gasteiger partial charge on any atom is -0.325 e. The van der Waals surface area contributed by atoms with E-state index in [1.54, 1.807) is 24.3 Å². The Morgan fingerprint density at radius 3 is 2.42 bits per heavy atom. The van der Waals surface area contributed by atoms with Crippen molar-refractivity contribution in [2.75, 3.05) is 26.6 Å². The monoisotopic (exact) mass is 470 g/mol. The van der Waals surface area contributed by atoms with E-state index in [2.05, 4.69) is 5.32 Å². The third-order valence-corrected chi connectivity index (χ3v) is 9.91. The molecule has 1 N–H and O–H groups in total. The minimum atomic E-state index is -2.76. The molecule has 1 atom stereocenters. The van der Waals surface area contributed by atoms with Gasteiger partial charge >= 0.3 is 6.03 Å². The Balaban J connectivity index is 2.97. The van der Waals surface area contributed by atoms with E-state index in [1.165, 1.54) is 26.2 Å². The summed E-state index contributed by atoms with van der Waals surface area (Å²) in [5.41, 5.74) is -2.26. The molecule has 1 aromatic carbocycles. The van der Waals surface area contributed by atoms with E-state index >= 15 is 0 Å². The van der Waals surface area contributed by atoms with Crippen molar-refractivity contribution < 1.29 is 13.8 Å². The highest BCUT2D eigenvalue weighted by atomic mass is 35.6. The molecular weight excluding hydrogens is 457 g/mol. The van der Waals surface area contributed by atoms with Crippen LogP contribution in [0.2, 0.25) is 5.02 Å². The number of amides is 2. The molecule has 1 rings (SSSR count). The summed E-state index contributed by atoms with van der Waals surface area (Å²) >= 11 is 30.2. The van der Waals surface area contributed by atoms with Crippen molar-refractivity contribution >= 4 is 87.0 Å². The molecule has 0 spiro atoms. The Hall–Kier alpha value is 0.570. The van der Waals surface area contributed by atoms with Gasteiger partial charge in [0.15, 0.2) is 0 Å². The maximum atomic E-state index is 12.5. The molecule has 0 radical (unpaired) electrons. The lowest BCUT2D eigenvalue weighted by Crippen LogP contribution is -2.44. The van der Waals surface area contributed by atoms with E-state index in [9.17, 15) is 4.79 Å². The van der Waals surface area contributed by atoms with Crippen molar-refractivity contribution in [1.29, 1.82) is 0 Å². The molecule has 0 aliphatic rings. The quantitative estimate of drug-likeness (QED) is 0.325. The van der Waals surface area contributed by atoms with Gasteiger partial charge in [-0.3, -0.25) is 0 Å². The highest BCUT2D eigenvalue weighted by Gasteiger charge is 2.42. The Labute approximate surface area is 170 Å². The average Bonchev–Trinajstić information content (AvgIpc) is 2.50. The van der Waals surface area contributed by atoms with Crippen LogP contribution in [0.15, 0.2) is 24.3 Å². The third-order valence-electron chi connectivity index (χ3n) is 2.70. The number of rotatable bonds is 6. The smallest absolute Gasteiger partial charge is 0.322 e. The fraction of sp³-hybridized carbons (Fsp3) is 0.417. The summed E-state index contributed by atoms with van der Waals surface area (Å²) in [6, 6.07) is 6.17. The maximum absolute atomic E-state index is 12.5. The van der Waals surface area contributed by atoms with Crippen LogP contribution in [0.4, 0.5) is 10.5 Å². The highest BCUT2D eigenvalue weighted by molar-refractivity contribution is 8.68. The predicted molar refractivity (Wildman–Crippen MR) is 108 cm³/mol.